The first-order chi connectivity index (χ1) is 13.1. The van der Waals surface area contributed by atoms with Crippen LogP contribution in [0.1, 0.15) is 23.4 Å². The molecule has 0 saturated carbocycles. The number of benzene rings is 2. The Morgan fingerprint density at radius 1 is 1.11 bits per heavy atom. The summed E-state index contributed by atoms with van der Waals surface area (Å²) < 4.78 is 1.92. The van der Waals surface area contributed by atoms with Crippen LogP contribution in [-0.2, 0) is 11.3 Å². The Morgan fingerprint density at radius 2 is 1.81 bits per heavy atom. The fourth-order valence-corrected chi connectivity index (χ4v) is 4.03. The number of halogens is 1. The molecule has 1 aromatic heterocycles. The maximum absolute atomic E-state index is 12.2. The van der Waals surface area contributed by atoms with Gasteiger partial charge in [0.2, 0.25) is 5.91 Å². The van der Waals surface area contributed by atoms with Crippen molar-refractivity contribution in [3.05, 3.63) is 76.6 Å². The van der Waals surface area contributed by atoms with E-state index in [1.54, 1.807) is 11.8 Å². The lowest BCUT2D eigenvalue weighted by Crippen LogP contribution is -2.23. The summed E-state index contributed by atoms with van der Waals surface area (Å²) in [6.07, 6.45) is 0.445. The van der Waals surface area contributed by atoms with Crippen molar-refractivity contribution in [2.75, 3.05) is 5.75 Å². The molecule has 27 heavy (non-hydrogen) atoms. The number of aryl methyl sites for hydroxylation is 1. The van der Waals surface area contributed by atoms with Gasteiger partial charge in [-0.25, -0.2) is 4.68 Å². The van der Waals surface area contributed by atoms with Gasteiger partial charge < -0.3 is 5.32 Å². The van der Waals surface area contributed by atoms with Crippen molar-refractivity contribution < 1.29 is 4.79 Å². The molecule has 1 amide bonds. The Bertz CT molecular complexity index is 924. The Hall–Kier alpha value is -2.24. The van der Waals surface area contributed by atoms with E-state index >= 15 is 0 Å². The molecule has 0 unspecified atom stereocenters. The third-order valence-electron chi connectivity index (χ3n) is 4.33. The highest BCUT2D eigenvalue weighted by molar-refractivity contribution is 7.99. The summed E-state index contributed by atoms with van der Waals surface area (Å²) in [6, 6.07) is 17.7. The number of hydrogen-bond donors (Lipinski definition) is 1. The summed E-state index contributed by atoms with van der Waals surface area (Å²) in [5, 5.41) is 8.35. The fraction of sp³-hybridized carbons (Fsp3) is 0.238. The number of carbonyl (C=O) groups is 1. The summed E-state index contributed by atoms with van der Waals surface area (Å²) in [6.45, 7) is 4.49. The van der Waals surface area contributed by atoms with Gasteiger partial charge in [-0.3, -0.25) is 4.79 Å². The van der Waals surface area contributed by atoms with Crippen LogP contribution in [0.25, 0.3) is 5.69 Å². The van der Waals surface area contributed by atoms with Gasteiger partial charge in [-0.1, -0.05) is 41.9 Å². The number of nitrogens with one attached hydrogen (secondary N) is 1. The quantitative estimate of drug-likeness (QED) is 0.572. The minimum absolute atomic E-state index is 0.0285. The molecule has 0 saturated heterocycles. The molecule has 0 bridgehead atoms. The van der Waals surface area contributed by atoms with Crippen LogP contribution in [0.4, 0.5) is 0 Å². The first-order valence-corrected chi connectivity index (χ1v) is 10.2. The van der Waals surface area contributed by atoms with Crippen molar-refractivity contribution in [1.82, 2.24) is 15.1 Å². The Morgan fingerprint density at radius 3 is 2.56 bits per heavy atom. The van der Waals surface area contributed by atoms with Crippen LogP contribution in [-0.4, -0.2) is 21.4 Å². The van der Waals surface area contributed by atoms with Crippen LogP contribution in [0.15, 0.2) is 59.5 Å². The molecule has 0 fully saturated rings. The lowest BCUT2D eigenvalue weighted by atomic mass is 10.2. The minimum atomic E-state index is 0.0285. The maximum Gasteiger partial charge on any atom is 0.221 e. The van der Waals surface area contributed by atoms with Crippen molar-refractivity contribution in [3.8, 4) is 5.69 Å². The number of amides is 1. The molecular formula is C21H22ClN3OS. The molecule has 0 radical (unpaired) electrons. The number of carbonyl (C=O) groups excluding carboxylic acids is 1. The van der Waals surface area contributed by atoms with Crippen LogP contribution in [0.3, 0.4) is 0 Å². The molecule has 140 valence electrons. The summed E-state index contributed by atoms with van der Waals surface area (Å²) in [5.74, 6) is 0.720. The number of thioether (sulfide) groups is 1. The lowest BCUT2D eigenvalue weighted by Gasteiger charge is -2.08. The fourth-order valence-electron chi connectivity index (χ4n) is 2.84. The molecule has 0 aliphatic rings. The lowest BCUT2D eigenvalue weighted by molar-refractivity contribution is -0.120. The monoisotopic (exact) mass is 399 g/mol. The maximum atomic E-state index is 12.2. The van der Waals surface area contributed by atoms with Crippen molar-refractivity contribution in [2.24, 2.45) is 0 Å². The SMILES string of the molecule is Cc1nn(-c2ccccc2)c(C)c1CNC(=O)CCSc1ccccc1Cl. The first-order valence-electron chi connectivity index (χ1n) is 8.81. The Labute approximate surface area is 168 Å². The van der Waals surface area contributed by atoms with E-state index in [0.717, 1.165) is 32.6 Å². The van der Waals surface area contributed by atoms with E-state index < -0.39 is 0 Å². The molecule has 2 aromatic carbocycles. The van der Waals surface area contributed by atoms with E-state index in [1.807, 2.05) is 73.1 Å². The van der Waals surface area contributed by atoms with Gasteiger partial charge in [-0.05, 0) is 38.1 Å². The van der Waals surface area contributed by atoms with Crippen LogP contribution in [0, 0.1) is 13.8 Å². The van der Waals surface area contributed by atoms with Gasteiger partial charge in [0.25, 0.3) is 0 Å². The summed E-state index contributed by atoms with van der Waals surface area (Å²) in [5.41, 5.74) is 4.06. The Balaban J connectivity index is 1.55. The number of nitrogens with zero attached hydrogens (tertiary/aromatic N) is 2. The third kappa shape index (κ3) is 4.93. The van der Waals surface area contributed by atoms with Crippen LogP contribution >= 0.6 is 23.4 Å². The van der Waals surface area contributed by atoms with E-state index in [-0.39, 0.29) is 5.91 Å². The van der Waals surface area contributed by atoms with Gasteiger partial charge in [0, 0.05) is 34.9 Å². The average Bonchev–Trinajstić information content (AvgIpc) is 2.96. The molecule has 0 atom stereocenters. The van der Waals surface area contributed by atoms with Crippen LogP contribution in [0.2, 0.25) is 5.02 Å². The van der Waals surface area contributed by atoms with E-state index in [9.17, 15) is 4.79 Å². The van der Waals surface area contributed by atoms with E-state index in [1.165, 1.54) is 0 Å². The minimum Gasteiger partial charge on any atom is -0.352 e. The Kier molecular flexibility index (Phi) is 6.58. The largest absolute Gasteiger partial charge is 0.352 e. The summed E-state index contributed by atoms with van der Waals surface area (Å²) >= 11 is 7.73. The second-order valence-electron chi connectivity index (χ2n) is 6.20. The molecule has 0 aliphatic heterocycles. The predicted molar refractivity (Wildman–Crippen MR) is 112 cm³/mol. The zero-order chi connectivity index (χ0) is 19.2. The van der Waals surface area contributed by atoms with Gasteiger partial charge in [0.1, 0.15) is 0 Å². The third-order valence-corrected chi connectivity index (χ3v) is 5.84. The summed E-state index contributed by atoms with van der Waals surface area (Å²) in [4.78, 5) is 13.2. The first kappa shape index (κ1) is 19.5. The van der Waals surface area contributed by atoms with Crippen molar-refractivity contribution in [3.63, 3.8) is 0 Å². The van der Waals surface area contributed by atoms with E-state index in [0.29, 0.717) is 18.7 Å². The number of aromatic nitrogens is 2. The van der Waals surface area contributed by atoms with Gasteiger partial charge in [0.15, 0.2) is 0 Å². The predicted octanol–water partition coefficient (Wildman–Crippen LogP) is 4.94. The molecule has 1 N–H and O–H groups in total. The van der Waals surface area contributed by atoms with Gasteiger partial charge in [-0.2, -0.15) is 5.10 Å². The summed E-state index contributed by atoms with van der Waals surface area (Å²) in [7, 11) is 0. The number of para-hydroxylation sites is 1. The highest BCUT2D eigenvalue weighted by atomic mass is 35.5. The zero-order valence-electron chi connectivity index (χ0n) is 15.4. The topological polar surface area (TPSA) is 46.9 Å². The van der Waals surface area contributed by atoms with Crippen LogP contribution < -0.4 is 5.32 Å². The van der Waals surface area contributed by atoms with E-state index in [2.05, 4.69) is 10.4 Å². The standard InChI is InChI=1S/C21H22ClN3OS/c1-15-18(16(2)25(24-15)17-8-4-3-5-9-17)14-23-21(26)12-13-27-20-11-7-6-10-19(20)22/h3-11H,12-14H2,1-2H3,(H,23,26). The average molecular weight is 400 g/mol. The number of rotatable bonds is 7. The molecule has 3 aromatic rings. The molecule has 0 spiro atoms. The smallest absolute Gasteiger partial charge is 0.221 e. The second-order valence-corrected chi connectivity index (χ2v) is 7.75. The van der Waals surface area contributed by atoms with Gasteiger partial charge >= 0.3 is 0 Å². The molecule has 3 rings (SSSR count). The van der Waals surface area contributed by atoms with Crippen molar-refractivity contribution in [1.29, 1.82) is 0 Å². The van der Waals surface area contributed by atoms with Crippen LogP contribution in [0.5, 0.6) is 0 Å². The van der Waals surface area contributed by atoms with Crippen molar-refractivity contribution in [2.45, 2.75) is 31.7 Å². The highest BCUT2D eigenvalue weighted by Gasteiger charge is 2.13. The molecule has 0 aliphatic carbocycles. The molecule has 4 nitrogen and oxygen atoms in total. The normalized spacial score (nSPS) is 10.8. The zero-order valence-corrected chi connectivity index (χ0v) is 17.0. The van der Waals surface area contributed by atoms with Gasteiger partial charge in [0.05, 0.1) is 16.4 Å². The molecule has 1 heterocycles. The van der Waals surface area contributed by atoms with Crippen molar-refractivity contribution >= 4 is 29.3 Å². The molecular weight excluding hydrogens is 378 g/mol. The van der Waals surface area contributed by atoms with E-state index in [4.69, 9.17) is 11.6 Å². The second kappa shape index (κ2) is 9.11. The molecule has 6 heteroatoms. The number of hydrogen-bond acceptors (Lipinski definition) is 3. The highest BCUT2D eigenvalue weighted by Crippen LogP contribution is 2.26. The van der Waals surface area contributed by atoms with Gasteiger partial charge in [-0.15, -0.1) is 11.8 Å².